The van der Waals surface area contributed by atoms with Crippen LogP contribution in [0.4, 0.5) is 0 Å². The molecule has 2 aromatic rings. The van der Waals surface area contributed by atoms with Crippen molar-refractivity contribution in [3.05, 3.63) is 34.7 Å². The van der Waals surface area contributed by atoms with Crippen LogP contribution in [-0.4, -0.2) is 31.3 Å². The van der Waals surface area contributed by atoms with Crippen LogP contribution in [0.15, 0.2) is 21.8 Å². The second kappa shape index (κ2) is 6.39. The van der Waals surface area contributed by atoms with Crippen LogP contribution in [0.3, 0.4) is 0 Å². The molecule has 0 saturated heterocycles. The van der Waals surface area contributed by atoms with E-state index in [-0.39, 0.29) is 29.3 Å². The summed E-state index contributed by atoms with van der Waals surface area (Å²) in [5.74, 6) is 0.994. The normalized spacial score (nSPS) is 21.3. The molecule has 1 N–H and O–H groups in total. The quantitative estimate of drug-likeness (QED) is 0.892. The second-order valence-electron chi connectivity index (χ2n) is 6.08. The van der Waals surface area contributed by atoms with E-state index in [9.17, 15) is 9.59 Å². The van der Waals surface area contributed by atoms with Gasteiger partial charge in [-0.1, -0.05) is 12.8 Å². The van der Waals surface area contributed by atoms with E-state index in [0.717, 1.165) is 31.5 Å². The molecule has 23 heavy (non-hydrogen) atoms. The first kappa shape index (κ1) is 15.5. The lowest BCUT2D eigenvalue weighted by Gasteiger charge is -2.31. The highest BCUT2D eigenvalue weighted by atomic mass is 16.3. The highest BCUT2D eigenvalue weighted by Crippen LogP contribution is 2.27. The Kier molecular flexibility index (Phi) is 4.31. The third kappa shape index (κ3) is 3.20. The summed E-state index contributed by atoms with van der Waals surface area (Å²) in [5, 5.41) is 7.33. The summed E-state index contributed by atoms with van der Waals surface area (Å²) < 4.78 is 7.97. The fourth-order valence-corrected chi connectivity index (χ4v) is 3.23. The van der Waals surface area contributed by atoms with Crippen LogP contribution in [0.25, 0.3) is 0 Å². The molecule has 2 heterocycles. The van der Waals surface area contributed by atoms with Crippen LogP contribution in [-0.2, 0) is 20.5 Å². The average Bonchev–Trinajstić information content (AvgIpc) is 3.15. The van der Waals surface area contributed by atoms with Gasteiger partial charge in [-0.15, -0.1) is 0 Å². The number of hydrogen-bond donors (Lipinski definition) is 1. The molecule has 0 radical (unpaired) electrons. The number of carbonyl (C=O) groups excluding carboxylic acids is 1. The Balaban J connectivity index is 1.72. The van der Waals surface area contributed by atoms with Crippen LogP contribution in [0.5, 0.6) is 0 Å². The molecule has 3 rings (SSSR count). The van der Waals surface area contributed by atoms with Crippen LogP contribution in [0.1, 0.15) is 42.1 Å². The largest absolute Gasteiger partial charge is 0.438 e. The molecule has 1 aliphatic carbocycles. The van der Waals surface area contributed by atoms with Gasteiger partial charge in [-0.3, -0.25) is 9.36 Å². The average molecular weight is 319 g/mol. The molecule has 0 bridgehead atoms. The third-order valence-electron chi connectivity index (χ3n) is 4.54. The van der Waals surface area contributed by atoms with Crippen molar-refractivity contribution in [2.45, 2.75) is 38.1 Å². The number of oxazole rings is 1. The van der Waals surface area contributed by atoms with Crippen molar-refractivity contribution in [2.24, 2.45) is 20.0 Å². The summed E-state index contributed by atoms with van der Waals surface area (Å²) in [6.45, 7) is 0. The fourth-order valence-electron chi connectivity index (χ4n) is 3.23. The van der Waals surface area contributed by atoms with Crippen molar-refractivity contribution in [1.82, 2.24) is 24.6 Å². The van der Waals surface area contributed by atoms with E-state index in [1.807, 2.05) is 0 Å². The molecular formula is C15H21N5O3. The topological polar surface area (TPSA) is 94.9 Å². The van der Waals surface area contributed by atoms with Gasteiger partial charge in [-0.05, 0) is 18.8 Å². The number of nitrogens with zero attached hydrogens (tertiary/aromatic N) is 4. The first-order chi connectivity index (χ1) is 11.1. The van der Waals surface area contributed by atoms with Gasteiger partial charge < -0.3 is 9.73 Å². The van der Waals surface area contributed by atoms with Gasteiger partial charge in [0.25, 0.3) is 5.91 Å². The van der Waals surface area contributed by atoms with Gasteiger partial charge >= 0.3 is 5.69 Å². The van der Waals surface area contributed by atoms with Crippen molar-refractivity contribution >= 4 is 5.91 Å². The van der Waals surface area contributed by atoms with Gasteiger partial charge in [0.05, 0.1) is 6.20 Å². The van der Waals surface area contributed by atoms with Crippen LogP contribution < -0.4 is 11.0 Å². The maximum absolute atomic E-state index is 12.2. The van der Waals surface area contributed by atoms with Gasteiger partial charge in [-0.2, -0.15) is 5.10 Å². The summed E-state index contributed by atoms with van der Waals surface area (Å²) in [6, 6.07) is 0.0541. The minimum Gasteiger partial charge on any atom is -0.438 e. The summed E-state index contributed by atoms with van der Waals surface area (Å²) >= 11 is 0. The zero-order valence-electron chi connectivity index (χ0n) is 13.4. The maximum Gasteiger partial charge on any atom is 0.345 e. The van der Waals surface area contributed by atoms with Crippen molar-refractivity contribution in [3.63, 3.8) is 0 Å². The molecule has 124 valence electrons. The monoisotopic (exact) mass is 319 g/mol. The molecule has 2 aromatic heterocycles. The van der Waals surface area contributed by atoms with E-state index in [2.05, 4.69) is 15.4 Å². The Morgan fingerprint density at radius 1 is 1.39 bits per heavy atom. The molecular weight excluding hydrogens is 298 g/mol. The van der Waals surface area contributed by atoms with Crippen molar-refractivity contribution in [1.29, 1.82) is 0 Å². The highest BCUT2D eigenvalue weighted by molar-refractivity contribution is 5.91. The minimum atomic E-state index is -0.241. The molecule has 1 fully saturated rings. The molecule has 0 spiro atoms. The molecule has 1 saturated carbocycles. The van der Waals surface area contributed by atoms with E-state index in [1.54, 1.807) is 18.7 Å². The summed E-state index contributed by atoms with van der Waals surface area (Å²) in [5.41, 5.74) is -0.127. The number of hydrogen-bond acceptors (Lipinski definition) is 5. The third-order valence-corrected chi connectivity index (χ3v) is 4.54. The molecule has 8 nitrogen and oxygen atoms in total. The Hall–Kier alpha value is -2.38. The van der Waals surface area contributed by atoms with Crippen molar-refractivity contribution in [3.8, 4) is 0 Å². The molecule has 8 heteroatoms. The lowest BCUT2D eigenvalue weighted by atomic mass is 9.82. The van der Waals surface area contributed by atoms with Crippen LogP contribution in [0, 0.1) is 5.92 Å². The first-order valence-corrected chi connectivity index (χ1v) is 7.84. The first-order valence-electron chi connectivity index (χ1n) is 7.84. The van der Waals surface area contributed by atoms with Gasteiger partial charge in [0.15, 0.2) is 6.39 Å². The van der Waals surface area contributed by atoms with Gasteiger partial charge in [0, 0.05) is 26.6 Å². The van der Waals surface area contributed by atoms with Crippen molar-refractivity contribution in [2.75, 3.05) is 0 Å². The summed E-state index contributed by atoms with van der Waals surface area (Å²) in [7, 11) is 3.38. The van der Waals surface area contributed by atoms with Gasteiger partial charge in [-0.25, -0.2) is 14.5 Å². The van der Waals surface area contributed by atoms with Crippen LogP contribution >= 0.6 is 0 Å². The Labute approximate surface area is 133 Å². The number of aromatic nitrogens is 4. The molecule has 0 aliphatic heterocycles. The van der Waals surface area contributed by atoms with E-state index >= 15 is 0 Å². The number of aryl methyl sites for hydroxylation is 1. The van der Waals surface area contributed by atoms with Crippen LogP contribution in [0.2, 0.25) is 0 Å². The van der Waals surface area contributed by atoms with E-state index in [0.29, 0.717) is 6.42 Å². The smallest absolute Gasteiger partial charge is 0.345 e. The number of rotatable bonds is 4. The number of amides is 1. The predicted molar refractivity (Wildman–Crippen MR) is 81.9 cm³/mol. The molecule has 0 unspecified atom stereocenters. The molecule has 1 amide bonds. The Morgan fingerprint density at radius 2 is 2.17 bits per heavy atom. The summed E-state index contributed by atoms with van der Waals surface area (Å²) in [4.78, 5) is 27.8. The van der Waals surface area contributed by atoms with Gasteiger partial charge in [0.1, 0.15) is 5.82 Å². The molecule has 2 atom stereocenters. The Morgan fingerprint density at radius 3 is 2.83 bits per heavy atom. The lowest BCUT2D eigenvalue weighted by molar-refractivity contribution is 0.0876. The number of nitrogens with one attached hydrogen (secondary N) is 1. The highest BCUT2D eigenvalue weighted by Gasteiger charge is 2.29. The standard InChI is InChI=1S/C15H21N5O3/c1-19-13(18-20(2)15(19)22)7-10-5-3-4-6-11(10)17-14(21)12-8-16-9-23-12/h8-11H,3-7H2,1-2H3,(H,17,21)/t10-,11-/m1/s1. The number of carbonyl (C=O) groups is 1. The van der Waals surface area contributed by atoms with E-state index < -0.39 is 0 Å². The van der Waals surface area contributed by atoms with Gasteiger partial charge in [0.2, 0.25) is 5.76 Å². The Bertz CT molecular complexity index is 731. The zero-order valence-corrected chi connectivity index (χ0v) is 13.4. The maximum atomic E-state index is 12.2. The van der Waals surface area contributed by atoms with E-state index in [4.69, 9.17) is 4.42 Å². The molecule has 0 aromatic carbocycles. The van der Waals surface area contributed by atoms with Crippen molar-refractivity contribution < 1.29 is 9.21 Å². The lowest BCUT2D eigenvalue weighted by Crippen LogP contribution is -2.43. The SMILES string of the molecule is Cn1nc(C[C@H]2CCCC[C@H]2NC(=O)c2cnco2)n(C)c1=O. The second-order valence-corrected chi connectivity index (χ2v) is 6.08. The van der Waals surface area contributed by atoms with E-state index in [1.165, 1.54) is 17.3 Å². The predicted octanol–water partition coefficient (Wildman–Crippen LogP) is 0.638. The zero-order chi connectivity index (χ0) is 16.4. The minimum absolute atomic E-state index is 0.0541. The molecule has 1 aliphatic rings. The fraction of sp³-hybridized carbons (Fsp3) is 0.600. The summed E-state index contributed by atoms with van der Waals surface area (Å²) in [6.07, 6.45) is 7.47.